The van der Waals surface area contributed by atoms with Crippen LogP contribution in [0.5, 0.6) is 0 Å². The van der Waals surface area contributed by atoms with Crippen LogP contribution in [0.15, 0.2) is 54.1 Å². The Balaban J connectivity index is 1.86. The Hall–Kier alpha value is -3.38. The second-order valence-electron chi connectivity index (χ2n) is 6.51. The van der Waals surface area contributed by atoms with Gasteiger partial charge >= 0.3 is 6.03 Å². The Morgan fingerprint density at radius 3 is 2.54 bits per heavy atom. The van der Waals surface area contributed by atoms with Crippen LogP contribution in [-0.4, -0.2) is 22.4 Å². The Morgan fingerprint density at radius 1 is 1.04 bits per heavy atom. The first-order valence-corrected chi connectivity index (χ1v) is 8.97. The topological polar surface area (TPSA) is 71.4 Å². The van der Waals surface area contributed by atoms with Crippen molar-refractivity contribution in [2.75, 3.05) is 4.90 Å². The van der Waals surface area contributed by atoms with Crippen molar-refractivity contribution < 1.29 is 14.4 Å². The van der Waals surface area contributed by atoms with E-state index in [2.05, 4.69) is 5.32 Å². The number of anilines is 1. The summed E-state index contributed by atoms with van der Waals surface area (Å²) in [6.07, 6.45) is 1.54. The van der Waals surface area contributed by atoms with Gasteiger partial charge < -0.3 is 4.57 Å². The van der Waals surface area contributed by atoms with E-state index in [1.165, 1.54) is 6.07 Å². The van der Waals surface area contributed by atoms with Gasteiger partial charge in [0.05, 0.1) is 5.69 Å². The molecule has 6 nitrogen and oxygen atoms in total. The molecular weight excluding hydrogens is 378 g/mol. The number of nitrogens with zero attached hydrogens (tertiary/aromatic N) is 2. The van der Waals surface area contributed by atoms with Crippen LogP contribution in [0.3, 0.4) is 0 Å². The van der Waals surface area contributed by atoms with Crippen LogP contribution in [0.25, 0.3) is 17.0 Å². The molecule has 1 saturated heterocycles. The third kappa shape index (κ3) is 2.78. The zero-order chi connectivity index (χ0) is 20.0. The highest BCUT2D eigenvalue weighted by atomic mass is 35.5. The number of barbiturate groups is 1. The number of nitrogens with one attached hydrogen (secondary N) is 1. The molecule has 7 heteroatoms. The standard InChI is InChI=1S/C21H16ClN3O3/c1-12-16(15-8-3-4-9-18(15)24(12)2)11-17-19(26)23-21(28)25(20(17)27)14-7-5-6-13(22)10-14/h3-11H,1-2H3,(H,23,26,28). The summed E-state index contributed by atoms with van der Waals surface area (Å²) in [6.45, 7) is 1.91. The number of aryl methyl sites for hydroxylation is 1. The molecule has 140 valence electrons. The second kappa shape index (κ2) is 6.65. The van der Waals surface area contributed by atoms with Crippen molar-refractivity contribution in [3.63, 3.8) is 0 Å². The number of carbonyl (C=O) groups is 3. The van der Waals surface area contributed by atoms with Gasteiger partial charge in [-0.25, -0.2) is 9.69 Å². The lowest BCUT2D eigenvalue weighted by Crippen LogP contribution is -2.54. The number of para-hydroxylation sites is 1. The molecule has 0 unspecified atom stereocenters. The minimum Gasteiger partial charge on any atom is -0.347 e. The van der Waals surface area contributed by atoms with Crippen LogP contribution in [0.4, 0.5) is 10.5 Å². The highest BCUT2D eigenvalue weighted by molar-refractivity contribution is 6.39. The Morgan fingerprint density at radius 2 is 1.79 bits per heavy atom. The lowest BCUT2D eigenvalue weighted by molar-refractivity contribution is -0.122. The van der Waals surface area contributed by atoms with Crippen molar-refractivity contribution in [2.24, 2.45) is 7.05 Å². The summed E-state index contributed by atoms with van der Waals surface area (Å²) in [5, 5.41) is 3.53. The van der Waals surface area contributed by atoms with Gasteiger partial charge in [0.15, 0.2) is 0 Å². The molecule has 0 saturated carbocycles. The summed E-state index contributed by atoms with van der Waals surface area (Å²) < 4.78 is 1.99. The summed E-state index contributed by atoms with van der Waals surface area (Å²) in [5.74, 6) is -1.41. The monoisotopic (exact) mass is 393 g/mol. The molecule has 1 fully saturated rings. The minimum absolute atomic E-state index is 0.112. The van der Waals surface area contributed by atoms with E-state index >= 15 is 0 Å². The third-order valence-corrected chi connectivity index (χ3v) is 5.14. The molecule has 2 heterocycles. The van der Waals surface area contributed by atoms with E-state index in [0.717, 1.165) is 27.1 Å². The summed E-state index contributed by atoms with van der Waals surface area (Å²) in [7, 11) is 1.92. The van der Waals surface area contributed by atoms with Crippen LogP contribution in [0, 0.1) is 6.92 Å². The molecular formula is C21H16ClN3O3. The van der Waals surface area contributed by atoms with Crippen molar-refractivity contribution in [1.82, 2.24) is 9.88 Å². The number of urea groups is 1. The van der Waals surface area contributed by atoms with E-state index in [4.69, 9.17) is 11.6 Å². The maximum Gasteiger partial charge on any atom is 0.335 e. The van der Waals surface area contributed by atoms with Crippen LogP contribution in [0.2, 0.25) is 5.02 Å². The van der Waals surface area contributed by atoms with Gasteiger partial charge in [-0.15, -0.1) is 0 Å². The van der Waals surface area contributed by atoms with Crippen LogP contribution >= 0.6 is 11.6 Å². The number of benzene rings is 2. The maximum absolute atomic E-state index is 13.0. The number of amides is 4. The number of hydrogen-bond acceptors (Lipinski definition) is 3. The Kier molecular flexibility index (Phi) is 4.28. The molecule has 0 atom stereocenters. The van der Waals surface area contributed by atoms with Crippen molar-refractivity contribution in [3.05, 3.63) is 70.4 Å². The van der Waals surface area contributed by atoms with E-state index in [0.29, 0.717) is 10.7 Å². The first-order chi connectivity index (χ1) is 13.4. The normalized spacial score (nSPS) is 16.2. The van der Waals surface area contributed by atoms with Gasteiger partial charge in [-0.1, -0.05) is 35.9 Å². The summed E-state index contributed by atoms with van der Waals surface area (Å²) in [4.78, 5) is 38.7. The molecule has 1 aliphatic rings. The van der Waals surface area contributed by atoms with E-state index in [-0.39, 0.29) is 5.57 Å². The smallest absolute Gasteiger partial charge is 0.335 e. The summed E-state index contributed by atoms with van der Waals surface area (Å²) >= 11 is 5.99. The molecule has 1 N–H and O–H groups in total. The largest absolute Gasteiger partial charge is 0.347 e. The fourth-order valence-electron chi connectivity index (χ4n) is 3.38. The first-order valence-electron chi connectivity index (χ1n) is 8.59. The fraction of sp³-hybridized carbons (Fsp3) is 0.0952. The molecule has 4 rings (SSSR count). The SMILES string of the molecule is Cc1c(C=C2C(=O)NC(=O)N(c3cccc(Cl)c3)C2=O)c2ccccc2n1C. The van der Waals surface area contributed by atoms with Crippen molar-refractivity contribution in [1.29, 1.82) is 0 Å². The molecule has 1 aromatic heterocycles. The number of hydrogen-bond donors (Lipinski definition) is 1. The molecule has 1 aliphatic heterocycles. The van der Waals surface area contributed by atoms with Gasteiger partial charge in [-0.2, -0.15) is 0 Å². The zero-order valence-corrected chi connectivity index (χ0v) is 15.9. The van der Waals surface area contributed by atoms with E-state index in [9.17, 15) is 14.4 Å². The maximum atomic E-state index is 13.0. The summed E-state index contributed by atoms with van der Waals surface area (Å²) in [5.41, 5.74) is 2.83. The molecule has 0 radical (unpaired) electrons. The molecule has 2 aromatic carbocycles. The quantitative estimate of drug-likeness (QED) is 0.531. The molecule has 28 heavy (non-hydrogen) atoms. The predicted molar refractivity (Wildman–Crippen MR) is 108 cm³/mol. The number of rotatable bonds is 2. The Labute approximate surface area is 166 Å². The average molecular weight is 394 g/mol. The van der Waals surface area contributed by atoms with Crippen molar-refractivity contribution >= 4 is 52.1 Å². The number of fused-ring (bicyclic) bond motifs is 1. The van der Waals surface area contributed by atoms with E-state index in [1.807, 2.05) is 42.8 Å². The lowest BCUT2D eigenvalue weighted by atomic mass is 10.0. The molecule has 0 aliphatic carbocycles. The second-order valence-corrected chi connectivity index (χ2v) is 6.95. The number of halogens is 1. The third-order valence-electron chi connectivity index (χ3n) is 4.91. The summed E-state index contributed by atoms with van der Waals surface area (Å²) in [6, 6.07) is 13.3. The first kappa shape index (κ1) is 18.0. The molecule has 3 aromatic rings. The molecule has 0 bridgehead atoms. The highest BCUT2D eigenvalue weighted by Crippen LogP contribution is 2.29. The van der Waals surface area contributed by atoms with Crippen LogP contribution < -0.4 is 10.2 Å². The predicted octanol–water partition coefficient (Wildman–Crippen LogP) is 3.81. The van der Waals surface area contributed by atoms with Gasteiger partial charge in [0, 0.05) is 34.2 Å². The average Bonchev–Trinajstić information content (AvgIpc) is 2.90. The highest BCUT2D eigenvalue weighted by Gasteiger charge is 2.37. The van der Waals surface area contributed by atoms with Gasteiger partial charge in [0.25, 0.3) is 11.8 Å². The van der Waals surface area contributed by atoms with E-state index in [1.54, 1.807) is 24.3 Å². The van der Waals surface area contributed by atoms with Crippen LogP contribution in [0.1, 0.15) is 11.3 Å². The van der Waals surface area contributed by atoms with Crippen LogP contribution in [-0.2, 0) is 16.6 Å². The molecule has 0 spiro atoms. The zero-order valence-electron chi connectivity index (χ0n) is 15.2. The van der Waals surface area contributed by atoms with Gasteiger partial charge in [-0.3, -0.25) is 14.9 Å². The molecule has 4 amide bonds. The van der Waals surface area contributed by atoms with Gasteiger partial charge in [-0.05, 0) is 37.3 Å². The van der Waals surface area contributed by atoms with E-state index < -0.39 is 17.8 Å². The number of carbonyl (C=O) groups excluding carboxylic acids is 3. The van der Waals surface area contributed by atoms with Crippen molar-refractivity contribution in [3.8, 4) is 0 Å². The van der Waals surface area contributed by atoms with Gasteiger partial charge in [0.1, 0.15) is 5.57 Å². The number of aromatic nitrogens is 1. The number of imide groups is 2. The van der Waals surface area contributed by atoms with Gasteiger partial charge in [0.2, 0.25) is 0 Å². The Bertz CT molecular complexity index is 1190. The lowest BCUT2D eigenvalue weighted by Gasteiger charge is -2.26. The van der Waals surface area contributed by atoms with Crippen molar-refractivity contribution in [2.45, 2.75) is 6.92 Å². The minimum atomic E-state index is -0.802. The fourth-order valence-corrected chi connectivity index (χ4v) is 3.57.